The minimum absolute atomic E-state index is 0.0764. The number of hydrogen-bond donors (Lipinski definition) is 0. The van der Waals surface area contributed by atoms with Crippen molar-refractivity contribution in [2.75, 3.05) is 6.73 Å². The molecule has 0 aliphatic carbocycles. The Morgan fingerprint density at radius 3 is 2.64 bits per heavy atom. The van der Waals surface area contributed by atoms with E-state index < -0.39 is 0 Å². The van der Waals surface area contributed by atoms with Crippen LogP contribution >= 0.6 is 0 Å². The molecule has 0 aliphatic heterocycles. The van der Waals surface area contributed by atoms with Crippen LogP contribution in [0.3, 0.4) is 0 Å². The van der Waals surface area contributed by atoms with Crippen molar-refractivity contribution in [2.45, 2.75) is 26.7 Å². The van der Waals surface area contributed by atoms with E-state index in [0.29, 0.717) is 0 Å². The van der Waals surface area contributed by atoms with Gasteiger partial charge in [-0.15, -0.1) is 0 Å². The first-order chi connectivity index (χ1) is 5.35. The van der Waals surface area contributed by atoms with E-state index >= 15 is 0 Å². The van der Waals surface area contributed by atoms with Crippen LogP contribution in [-0.2, 0) is 9.53 Å². The van der Waals surface area contributed by atoms with Gasteiger partial charge in [-0.3, -0.25) is 0 Å². The van der Waals surface area contributed by atoms with E-state index in [1.807, 2.05) is 0 Å². The molecule has 0 heterocycles. The number of aliphatic imine (C=N–C) groups is 1. The summed E-state index contributed by atoms with van der Waals surface area (Å²) < 4.78 is 4.93. The molecule has 0 N–H and O–H groups in total. The SMILES string of the molecule is CCC(=COCN=C=O)CC. The molecule has 0 amide bonds. The molecule has 0 aliphatic rings. The third kappa shape index (κ3) is 5.37. The zero-order chi connectivity index (χ0) is 8.53. The van der Waals surface area contributed by atoms with Crippen LogP contribution in [0.25, 0.3) is 0 Å². The fourth-order valence-corrected chi connectivity index (χ4v) is 0.635. The minimum atomic E-state index is 0.0764. The van der Waals surface area contributed by atoms with Gasteiger partial charge in [0.15, 0.2) is 6.73 Å². The maximum absolute atomic E-state index is 9.60. The Balaban J connectivity index is 3.60. The lowest BCUT2D eigenvalue weighted by molar-refractivity contribution is 0.256. The predicted molar refractivity (Wildman–Crippen MR) is 42.7 cm³/mol. The number of carbonyl (C=O) groups excluding carboxylic acids is 1. The molecule has 3 heteroatoms. The molecule has 0 aromatic rings. The van der Waals surface area contributed by atoms with Crippen molar-refractivity contribution in [1.29, 1.82) is 0 Å². The summed E-state index contributed by atoms with van der Waals surface area (Å²) in [6.45, 7) is 4.19. The quantitative estimate of drug-likeness (QED) is 0.263. The number of isocyanates is 1. The summed E-state index contributed by atoms with van der Waals surface area (Å²) in [5, 5.41) is 0. The van der Waals surface area contributed by atoms with Crippen molar-refractivity contribution >= 4 is 6.08 Å². The zero-order valence-corrected chi connectivity index (χ0v) is 6.96. The first-order valence-electron chi connectivity index (χ1n) is 3.68. The van der Waals surface area contributed by atoms with Gasteiger partial charge in [0.05, 0.1) is 6.26 Å². The molecule has 0 aromatic heterocycles. The standard InChI is InChI=1S/C8H13NO2/c1-3-8(4-2)5-11-7-9-6-10/h5H,3-4,7H2,1-2H3. The lowest BCUT2D eigenvalue weighted by Gasteiger charge is -1.98. The molecule has 0 fully saturated rings. The summed E-state index contributed by atoms with van der Waals surface area (Å²) in [4.78, 5) is 12.8. The highest BCUT2D eigenvalue weighted by atomic mass is 16.5. The average Bonchev–Trinajstić information content (AvgIpc) is 2.05. The van der Waals surface area contributed by atoms with Gasteiger partial charge in [-0.2, -0.15) is 4.99 Å². The molecule has 0 atom stereocenters. The van der Waals surface area contributed by atoms with Crippen molar-refractivity contribution in [3.63, 3.8) is 0 Å². The van der Waals surface area contributed by atoms with E-state index in [1.165, 1.54) is 11.7 Å². The Morgan fingerprint density at radius 2 is 2.18 bits per heavy atom. The van der Waals surface area contributed by atoms with Gasteiger partial charge in [-0.05, 0) is 18.4 Å². The van der Waals surface area contributed by atoms with E-state index in [9.17, 15) is 4.79 Å². The highest BCUT2D eigenvalue weighted by Gasteiger charge is 1.88. The lowest BCUT2D eigenvalue weighted by atomic mass is 10.2. The summed E-state index contributed by atoms with van der Waals surface area (Å²) in [5.41, 5.74) is 1.21. The van der Waals surface area contributed by atoms with Gasteiger partial charge in [-0.25, -0.2) is 4.79 Å². The van der Waals surface area contributed by atoms with Crippen LogP contribution in [0.15, 0.2) is 16.8 Å². The molecule has 0 spiro atoms. The normalized spacial score (nSPS) is 8.18. The third-order valence-corrected chi connectivity index (χ3v) is 1.36. The number of hydrogen-bond acceptors (Lipinski definition) is 3. The van der Waals surface area contributed by atoms with Crippen molar-refractivity contribution in [3.05, 3.63) is 11.8 Å². The average molecular weight is 155 g/mol. The molecule has 0 bridgehead atoms. The summed E-state index contributed by atoms with van der Waals surface area (Å²) >= 11 is 0. The minimum Gasteiger partial charge on any atom is -0.478 e. The number of ether oxygens (including phenoxy) is 1. The summed E-state index contributed by atoms with van der Waals surface area (Å²) in [6, 6.07) is 0. The maximum atomic E-state index is 9.60. The lowest BCUT2D eigenvalue weighted by Crippen LogP contribution is -1.84. The molecule has 0 saturated carbocycles. The van der Waals surface area contributed by atoms with E-state index in [1.54, 1.807) is 6.26 Å². The summed E-state index contributed by atoms with van der Waals surface area (Å²) in [6.07, 6.45) is 5.00. The van der Waals surface area contributed by atoms with Crippen LogP contribution < -0.4 is 0 Å². The van der Waals surface area contributed by atoms with Crippen LogP contribution in [0.4, 0.5) is 0 Å². The van der Waals surface area contributed by atoms with Gasteiger partial charge in [0.1, 0.15) is 0 Å². The second-order valence-electron chi connectivity index (χ2n) is 2.03. The van der Waals surface area contributed by atoms with E-state index in [4.69, 9.17) is 4.74 Å². The van der Waals surface area contributed by atoms with E-state index in [2.05, 4.69) is 18.8 Å². The molecule has 0 unspecified atom stereocenters. The van der Waals surface area contributed by atoms with Gasteiger partial charge < -0.3 is 4.74 Å². The van der Waals surface area contributed by atoms with Gasteiger partial charge in [0, 0.05) is 0 Å². The Morgan fingerprint density at radius 1 is 1.55 bits per heavy atom. The van der Waals surface area contributed by atoms with Crippen molar-refractivity contribution < 1.29 is 9.53 Å². The Labute approximate surface area is 66.8 Å². The smallest absolute Gasteiger partial charge is 0.238 e. The molecule has 0 rings (SSSR count). The van der Waals surface area contributed by atoms with Crippen LogP contribution in [0.5, 0.6) is 0 Å². The monoisotopic (exact) mass is 155 g/mol. The number of rotatable bonds is 5. The molecule has 0 aromatic carbocycles. The second kappa shape index (κ2) is 7.03. The number of nitrogens with zero attached hydrogens (tertiary/aromatic N) is 1. The molecule has 0 radical (unpaired) electrons. The number of allylic oxidation sites excluding steroid dienone is 1. The summed E-state index contributed by atoms with van der Waals surface area (Å²) in [5.74, 6) is 0. The van der Waals surface area contributed by atoms with Crippen LogP contribution in [-0.4, -0.2) is 12.8 Å². The first-order valence-corrected chi connectivity index (χ1v) is 3.68. The van der Waals surface area contributed by atoms with Crippen molar-refractivity contribution in [2.24, 2.45) is 4.99 Å². The first kappa shape index (κ1) is 9.92. The van der Waals surface area contributed by atoms with E-state index in [0.717, 1.165) is 12.8 Å². The molecule has 0 saturated heterocycles. The Bertz CT molecular complexity index is 163. The van der Waals surface area contributed by atoms with Crippen molar-refractivity contribution in [1.82, 2.24) is 0 Å². The Hall–Kier alpha value is -1.08. The third-order valence-electron chi connectivity index (χ3n) is 1.36. The second-order valence-corrected chi connectivity index (χ2v) is 2.03. The fraction of sp³-hybridized carbons (Fsp3) is 0.625. The highest BCUT2D eigenvalue weighted by molar-refractivity contribution is 5.32. The maximum Gasteiger partial charge on any atom is 0.238 e. The van der Waals surface area contributed by atoms with Gasteiger partial charge in [0.2, 0.25) is 6.08 Å². The largest absolute Gasteiger partial charge is 0.478 e. The molecular weight excluding hydrogens is 142 g/mol. The molecular formula is C8H13NO2. The Kier molecular flexibility index (Phi) is 6.34. The fourth-order valence-electron chi connectivity index (χ4n) is 0.635. The highest BCUT2D eigenvalue weighted by Crippen LogP contribution is 2.04. The zero-order valence-electron chi connectivity index (χ0n) is 6.96. The topological polar surface area (TPSA) is 38.7 Å². The van der Waals surface area contributed by atoms with Crippen molar-refractivity contribution in [3.8, 4) is 0 Å². The van der Waals surface area contributed by atoms with Gasteiger partial charge >= 0.3 is 0 Å². The predicted octanol–water partition coefficient (Wildman–Crippen LogP) is 2.00. The van der Waals surface area contributed by atoms with Gasteiger partial charge in [0.25, 0.3) is 0 Å². The molecule has 11 heavy (non-hydrogen) atoms. The van der Waals surface area contributed by atoms with Gasteiger partial charge in [-0.1, -0.05) is 13.8 Å². The van der Waals surface area contributed by atoms with Crippen LogP contribution in [0, 0.1) is 0 Å². The molecule has 3 nitrogen and oxygen atoms in total. The van der Waals surface area contributed by atoms with E-state index in [-0.39, 0.29) is 6.73 Å². The van der Waals surface area contributed by atoms with Crippen LogP contribution in [0.2, 0.25) is 0 Å². The van der Waals surface area contributed by atoms with Crippen LogP contribution in [0.1, 0.15) is 26.7 Å². The summed E-state index contributed by atoms with van der Waals surface area (Å²) in [7, 11) is 0. The molecule has 62 valence electrons.